The van der Waals surface area contributed by atoms with Gasteiger partial charge in [0.1, 0.15) is 12.4 Å². The first-order valence-corrected chi connectivity index (χ1v) is 10.6. The lowest BCUT2D eigenvalue weighted by molar-refractivity contribution is 0.352. The second kappa shape index (κ2) is 7.52. The molecular weight excluding hydrogens is 370 g/mol. The first kappa shape index (κ1) is 18.3. The van der Waals surface area contributed by atoms with Crippen molar-refractivity contribution in [3.63, 3.8) is 0 Å². The molecule has 0 aromatic heterocycles. The van der Waals surface area contributed by atoms with Crippen LogP contribution in [0.2, 0.25) is 0 Å². The fourth-order valence-electron chi connectivity index (χ4n) is 3.25. The Hall–Kier alpha value is -3.05. The molecule has 1 heterocycles. The first-order chi connectivity index (χ1) is 13.6. The van der Waals surface area contributed by atoms with E-state index in [9.17, 15) is 8.42 Å². The summed E-state index contributed by atoms with van der Waals surface area (Å²) in [5, 5.41) is 0. The molecule has 142 valence electrons. The fraction of sp³-hybridized carbons (Fsp3) is 0.130. The van der Waals surface area contributed by atoms with Crippen LogP contribution in [-0.4, -0.2) is 19.3 Å². The summed E-state index contributed by atoms with van der Waals surface area (Å²) < 4.78 is 34.4. The minimum absolute atomic E-state index is 0.247. The number of para-hydroxylation sites is 1. The van der Waals surface area contributed by atoms with Crippen LogP contribution < -0.4 is 4.74 Å². The molecule has 0 radical (unpaired) electrons. The van der Waals surface area contributed by atoms with Crippen LogP contribution in [-0.2, 0) is 16.6 Å². The Kier molecular flexibility index (Phi) is 4.92. The molecule has 0 amide bonds. The Morgan fingerprint density at radius 3 is 2.32 bits per heavy atom. The second-order valence-electron chi connectivity index (χ2n) is 6.71. The molecule has 1 aliphatic rings. The van der Waals surface area contributed by atoms with Gasteiger partial charge in [0.2, 0.25) is 0 Å². The Balaban J connectivity index is 1.83. The van der Waals surface area contributed by atoms with Gasteiger partial charge >= 0.3 is 0 Å². The van der Waals surface area contributed by atoms with E-state index >= 15 is 0 Å². The summed E-state index contributed by atoms with van der Waals surface area (Å²) in [6.45, 7) is 2.52. The molecule has 3 aromatic rings. The van der Waals surface area contributed by atoms with Crippen LogP contribution in [0, 0.1) is 6.92 Å². The first-order valence-electron chi connectivity index (χ1n) is 9.11. The topological polar surface area (TPSA) is 46.6 Å². The van der Waals surface area contributed by atoms with Gasteiger partial charge in [-0.15, -0.1) is 0 Å². The molecule has 0 saturated carbocycles. The number of rotatable bonds is 5. The van der Waals surface area contributed by atoms with Crippen LogP contribution in [0.25, 0.3) is 5.70 Å². The van der Waals surface area contributed by atoms with Gasteiger partial charge in [0.05, 0.1) is 17.1 Å². The molecule has 0 atom stereocenters. The highest BCUT2D eigenvalue weighted by Gasteiger charge is 2.30. The van der Waals surface area contributed by atoms with Crippen molar-refractivity contribution in [1.82, 2.24) is 4.31 Å². The maximum absolute atomic E-state index is 13.6. The van der Waals surface area contributed by atoms with Crippen LogP contribution in [0.15, 0.2) is 89.8 Å². The summed E-state index contributed by atoms with van der Waals surface area (Å²) in [4.78, 5) is 0.277. The molecule has 0 fully saturated rings. The Morgan fingerprint density at radius 2 is 1.57 bits per heavy atom. The maximum Gasteiger partial charge on any atom is 0.264 e. The summed E-state index contributed by atoms with van der Waals surface area (Å²) in [6, 6.07) is 24.1. The third-order valence-corrected chi connectivity index (χ3v) is 6.50. The average molecular weight is 391 g/mol. The molecule has 5 heteroatoms. The lowest BCUT2D eigenvalue weighted by atomic mass is 10.1. The van der Waals surface area contributed by atoms with E-state index in [2.05, 4.69) is 0 Å². The minimum atomic E-state index is -3.75. The van der Waals surface area contributed by atoms with Gasteiger partial charge in [-0.25, -0.2) is 8.42 Å². The van der Waals surface area contributed by atoms with E-state index in [0.29, 0.717) is 18.1 Å². The standard InChI is InChI=1S/C23H21NO3S/c1-18-11-13-20(14-12-18)28(25,26)24(17-19-7-3-2-4-8-19)22-15-16-27-23-10-6-5-9-21(22)23/h2-15H,16-17H2,1H3. The number of hydrogen-bond acceptors (Lipinski definition) is 3. The van der Waals surface area contributed by atoms with E-state index in [1.54, 1.807) is 12.1 Å². The molecule has 3 aromatic carbocycles. The maximum atomic E-state index is 13.6. The Bertz CT molecular complexity index is 1100. The van der Waals surface area contributed by atoms with Crippen molar-refractivity contribution in [3.8, 4) is 5.75 Å². The highest BCUT2D eigenvalue weighted by Crippen LogP contribution is 2.36. The number of sulfonamides is 1. The average Bonchev–Trinajstić information content (AvgIpc) is 2.73. The molecule has 4 rings (SSSR count). The van der Waals surface area contributed by atoms with Gasteiger partial charge in [-0.1, -0.05) is 60.2 Å². The van der Waals surface area contributed by atoms with Gasteiger partial charge in [-0.05, 0) is 42.8 Å². The van der Waals surface area contributed by atoms with Crippen molar-refractivity contribution >= 4 is 15.7 Å². The van der Waals surface area contributed by atoms with Gasteiger partial charge in [-0.2, -0.15) is 0 Å². The number of fused-ring (bicyclic) bond motifs is 1. The number of hydrogen-bond donors (Lipinski definition) is 0. The molecule has 0 unspecified atom stereocenters. The smallest absolute Gasteiger partial charge is 0.264 e. The third kappa shape index (κ3) is 3.53. The third-order valence-electron chi connectivity index (χ3n) is 4.73. The fourth-order valence-corrected chi connectivity index (χ4v) is 4.73. The highest BCUT2D eigenvalue weighted by atomic mass is 32.2. The lowest BCUT2D eigenvalue weighted by Crippen LogP contribution is -2.31. The molecule has 0 saturated heterocycles. The summed E-state index contributed by atoms with van der Waals surface area (Å²) in [5.41, 5.74) is 3.36. The number of nitrogens with zero attached hydrogens (tertiary/aromatic N) is 1. The monoisotopic (exact) mass is 391 g/mol. The zero-order chi connectivity index (χ0) is 19.6. The predicted octanol–water partition coefficient (Wildman–Crippen LogP) is 4.62. The summed E-state index contributed by atoms with van der Waals surface area (Å²) >= 11 is 0. The highest BCUT2D eigenvalue weighted by molar-refractivity contribution is 7.89. The lowest BCUT2D eigenvalue weighted by Gasteiger charge is -2.30. The van der Waals surface area contributed by atoms with Crippen LogP contribution in [0.1, 0.15) is 16.7 Å². The Labute approximate surface area is 165 Å². The number of aryl methyl sites for hydroxylation is 1. The van der Waals surface area contributed by atoms with Crippen LogP contribution in [0.5, 0.6) is 5.75 Å². The van der Waals surface area contributed by atoms with Crippen molar-refractivity contribution in [2.45, 2.75) is 18.4 Å². The van der Waals surface area contributed by atoms with Crippen molar-refractivity contribution < 1.29 is 13.2 Å². The van der Waals surface area contributed by atoms with E-state index in [1.807, 2.05) is 79.7 Å². The van der Waals surface area contributed by atoms with Crippen molar-refractivity contribution in [1.29, 1.82) is 0 Å². The van der Waals surface area contributed by atoms with Crippen molar-refractivity contribution in [2.75, 3.05) is 6.61 Å². The SMILES string of the molecule is Cc1ccc(S(=O)(=O)N(Cc2ccccc2)C2=CCOc3ccccc32)cc1. The Morgan fingerprint density at radius 1 is 0.893 bits per heavy atom. The van der Waals surface area contributed by atoms with Crippen molar-refractivity contribution in [2.24, 2.45) is 0 Å². The van der Waals surface area contributed by atoms with Gasteiger partial charge in [0, 0.05) is 5.56 Å². The molecule has 0 spiro atoms. The molecule has 0 N–H and O–H groups in total. The van der Waals surface area contributed by atoms with Crippen LogP contribution in [0.4, 0.5) is 0 Å². The van der Waals surface area contributed by atoms with E-state index in [-0.39, 0.29) is 11.4 Å². The molecule has 4 nitrogen and oxygen atoms in total. The van der Waals surface area contributed by atoms with Gasteiger partial charge in [-0.3, -0.25) is 4.31 Å². The van der Waals surface area contributed by atoms with E-state index in [0.717, 1.165) is 16.7 Å². The quantitative estimate of drug-likeness (QED) is 0.638. The van der Waals surface area contributed by atoms with Gasteiger partial charge in [0.15, 0.2) is 0 Å². The van der Waals surface area contributed by atoms with E-state index in [4.69, 9.17) is 4.74 Å². The second-order valence-corrected chi connectivity index (χ2v) is 8.57. The largest absolute Gasteiger partial charge is 0.489 e. The summed E-state index contributed by atoms with van der Waals surface area (Å²) in [6.07, 6.45) is 1.83. The minimum Gasteiger partial charge on any atom is -0.489 e. The molecule has 0 bridgehead atoms. The van der Waals surface area contributed by atoms with E-state index < -0.39 is 10.0 Å². The van der Waals surface area contributed by atoms with E-state index in [1.165, 1.54) is 4.31 Å². The van der Waals surface area contributed by atoms with Crippen LogP contribution >= 0.6 is 0 Å². The summed E-state index contributed by atoms with van der Waals surface area (Å²) in [5.74, 6) is 0.692. The zero-order valence-corrected chi connectivity index (χ0v) is 16.4. The van der Waals surface area contributed by atoms with Crippen molar-refractivity contribution in [3.05, 3.63) is 102 Å². The van der Waals surface area contributed by atoms with Gasteiger partial charge in [0.25, 0.3) is 10.0 Å². The van der Waals surface area contributed by atoms with Crippen LogP contribution in [0.3, 0.4) is 0 Å². The molecular formula is C23H21NO3S. The molecule has 0 aliphatic carbocycles. The predicted molar refractivity (Wildman–Crippen MR) is 110 cm³/mol. The normalized spacial score (nSPS) is 13.2. The number of benzene rings is 3. The molecule has 1 aliphatic heterocycles. The number of ether oxygens (including phenoxy) is 1. The van der Waals surface area contributed by atoms with Gasteiger partial charge < -0.3 is 4.74 Å². The molecule has 28 heavy (non-hydrogen) atoms. The zero-order valence-electron chi connectivity index (χ0n) is 15.6. The summed E-state index contributed by atoms with van der Waals surface area (Å²) in [7, 11) is -3.75.